The number of rotatable bonds is 21. The minimum Gasteiger partial charge on any atom is -0.458 e. The molecule has 1 saturated heterocycles. The average molecular weight is 1110 g/mol. The topological polar surface area (TPSA) is 303 Å². The van der Waals surface area contributed by atoms with Gasteiger partial charge in [0, 0.05) is 60.0 Å². The van der Waals surface area contributed by atoms with Crippen LogP contribution in [0.2, 0.25) is 0 Å². The first-order chi connectivity index (χ1) is 38.8. The summed E-state index contributed by atoms with van der Waals surface area (Å²) in [6, 6.07) is 16.4. The van der Waals surface area contributed by atoms with Crippen LogP contribution in [0.4, 0.5) is 14.9 Å². The lowest BCUT2D eigenvalue weighted by Crippen LogP contribution is -2.52. The molecule has 0 radical (unpaired) electrons. The molecule has 7 N–H and O–H groups in total. The van der Waals surface area contributed by atoms with Gasteiger partial charge < -0.3 is 51.0 Å². The number of likely N-dealkylation sites (tertiary alicyclic amines) is 1. The highest BCUT2D eigenvalue weighted by molar-refractivity contribution is 6.03. The first-order valence-corrected chi connectivity index (χ1v) is 27.0. The number of aliphatic hydroxyl groups is 1. The Bertz CT molecular complexity index is 3440. The van der Waals surface area contributed by atoms with Gasteiger partial charge in [-0.05, 0) is 85.0 Å². The van der Waals surface area contributed by atoms with Crippen LogP contribution in [0.1, 0.15) is 109 Å². The molecule has 0 saturated carbocycles. The number of anilines is 1. The van der Waals surface area contributed by atoms with Crippen molar-refractivity contribution in [2.24, 2.45) is 5.92 Å². The van der Waals surface area contributed by atoms with Gasteiger partial charge in [-0.1, -0.05) is 62.7 Å². The third kappa shape index (κ3) is 12.3. The molecule has 2 aromatic heterocycles. The monoisotopic (exact) mass is 1110 g/mol. The van der Waals surface area contributed by atoms with Gasteiger partial charge in [0.1, 0.15) is 25.1 Å². The maximum atomic E-state index is 15.4. The van der Waals surface area contributed by atoms with Crippen molar-refractivity contribution in [1.29, 1.82) is 0 Å². The van der Waals surface area contributed by atoms with Crippen molar-refractivity contribution in [3.8, 4) is 11.4 Å². The Labute approximate surface area is 463 Å². The van der Waals surface area contributed by atoms with Crippen LogP contribution >= 0.6 is 0 Å². The molecule has 8 amide bonds. The molecular formula is C58H62FN9O13. The summed E-state index contributed by atoms with van der Waals surface area (Å²) in [5.41, 5.74) is 2.94. The lowest BCUT2D eigenvalue weighted by atomic mass is 9.81. The summed E-state index contributed by atoms with van der Waals surface area (Å²) in [4.78, 5) is 135. The number of halogens is 1. The molecule has 3 aliphatic heterocycles. The average Bonchev–Trinajstić information content (AvgIpc) is 4.02. The van der Waals surface area contributed by atoms with Crippen molar-refractivity contribution in [3.05, 3.63) is 127 Å². The maximum absolute atomic E-state index is 15.4. The van der Waals surface area contributed by atoms with E-state index >= 15 is 4.39 Å². The molecular weight excluding hydrogens is 1050 g/mol. The number of esters is 1. The molecule has 0 spiro atoms. The van der Waals surface area contributed by atoms with E-state index in [1.807, 2.05) is 0 Å². The zero-order valence-corrected chi connectivity index (χ0v) is 45.0. The van der Waals surface area contributed by atoms with Crippen LogP contribution in [-0.4, -0.2) is 105 Å². The fraction of sp³-hybridized carbons (Fsp3) is 0.397. The van der Waals surface area contributed by atoms with Crippen molar-refractivity contribution >= 4 is 70.0 Å². The van der Waals surface area contributed by atoms with E-state index < -0.39 is 77.8 Å². The number of ether oxygens (including phenoxy) is 2. The van der Waals surface area contributed by atoms with Gasteiger partial charge in [-0.2, -0.15) is 0 Å². The lowest BCUT2D eigenvalue weighted by molar-refractivity contribution is -0.172. The summed E-state index contributed by atoms with van der Waals surface area (Å²) in [7, 11) is 0. The Balaban J connectivity index is 0.746. The molecule has 1 fully saturated rings. The second kappa shape index (κ2) is 24.2. The first kappa shape index (κ1) is 56.8. The van der Waals surface area contributed by atoms with E-state index in [9.17, 15) is 53.1 Å². The van der Waals surface area contributed by atoms with Crippen LogP contribution in [0.3, 0.4) is 0 Å². The summed E-state index contributed by atoms with van der Waals surface area (Å²) in [5, 5.41) is 27.8. The molecule has 424 valence electrons. The number of imide groups is 1. The highest BCUT2D eigenvalue weighted by Crippen LogP contribution is 2.46. The second-order valence-electron chi connectivity index (χ2n) is 20.7. The number of carbonyl (C=O) groups excluding carboxylic acids is 9. The van der Waals surface area contributed by atoms with E-state index in [0.29, 0.717) is 94.4 Å². The fourth-order valence-corrected chi connectivity index (χ4v) is 10.8. The van der Waals surface area contributed by atoms with Gasteiger partial charge in [-0.25, -0.2) is 19.0 Å². The predicted molar refractivity (Wildman–Crippen MR) is 289 cm³/mol. The van der Waals surface area contributed by atoms with E-state index in [2.05, 4.69) is 31.9 Å². The van der Waals surface area contributed by atoms with E-state index in [-0.39, 0.29) is 86.8 Å². The number of cyclic esters (lactones) is 1. The Morgan fingerprint density at radius 1 is 0.864 bits per heavy atom. The van der Waals surface area contributed by atoms with Crippen LogP contribution < -0.4 is 37.5 Å². The van der Waals surface area contributed by atoms with Gasteiger partial charge in [0.15, 0.2) is 5.60 Å². The number of fused-ring (bicyclic) bond motifs is 5. The van der Waals surface area contributed by atoms with E-state index in [1.165, 1.54) is 15.5 Å². The third-order valence-corrected chi connectivity index (χ3v) is 15.3. The highest BCUT2D eigenvalue weighted by atomic mass is 19.1. The number of hydrogen-bond donors (Lipinski definition) is 7. The largest absolute Gasteiger partial charge is 0.458 e. The Hall–Kier alpha value is -8.86. The molecule has 3 aromatic carbocycles. The van der Waals surface area contributed by atoms with E-state index in [4.69, 9.17) is 14.5 Å². The number of unbranched alkanes of at least 4 members (excludes halogenated alkanes) is 2. The Kier molecular flexibility index (Phi) is 17.0. The number of alkyl carbamates (subject to hydrolysis) is 1. The van der Waals surface area contributed by atoms with Gasteiger partial charge in [-0.3, -0.25) is 43.3 Å². The minimum absolute atomic E-state index is 0.0418. The van der Waals surface area contributed by atoms with Crippen molar-refractivity contribution < 1.29 is 62.1 Å². The van der Waals surface area contributed by atoms with Gasteiger partial charge in [0.2, 0.25) is 41.4 Å². The Morgan fingerprint density at radius 2 is 1.59 bits per heavy atom. The fourth-order valence-electron chi connectivity index (χ4n) is 10.8. The number of amides is 8. The van der Waals surface area contributed by atoms with Crippen molar-refractivity contribution in [2.75, 3.05) is 31.5 Å². The standard InChI is InChI=1S/C58H62FN9O13/c1-4-58(79)39-23-44-52-37(28-68(44)55(76)38(39)30-80-56(58)77)51-41(19-18-36-32(3)40(59)24-42(65-52)50(36)51)66-57(78)81-29-34-14-16-35(17-15-34)63-47(71)27-62-53(74)43(22-33-11-7-5-8-12-33)64-48(72)26-61-46(70)25-60-45(69)13-9-6-10-20-67-49(73)21-31(2)54(67)75/h5,7-8,11-12,14-17,23-24,31,41,43,79H,4,6,9-10,13,18-22,25-30H2,1-3H3,(H,60,69)(H,61,70)(H,62,74)(H,63,71)(H,64,72)(H,66,78)/t31?,41-,43-,58-/m0/s1. The molecule has 22 nitrogen and oxygen atoms in total. The molecule has 5 heterocycles. The molecule has 81 heavy (non-hydrogen) atoms. The normalized spacial score (nSPS) is 18.0. The quantitative estimate of drug-likeness (QED) is 0.0309. The van der Waals surface area contributed by atoms with Crippen LogP contribution in [0.15, 0.2) is 71.5 Å². The van der Waals surface area contributed by atoms with Crippen molar-refractivity contribution in [3.63, 3.8) is 0 Å². The molecule has 0 bridgehead atoms. The number of carbonyl (C=O) groups is 9. The maximum Gasteiger partial charge on any atom is 0.407 e. The molecule has 5 aromatic rings. The zero-order valence-electron chi connectivity index (χ0n) is 45.0. The molecule has 1 aliphatic carbocycles. The first-order valence-electron chi connectivity index (χ1n) is 27.0. The number of pyridine rings is 2. The summed E-state index contributed by atoms with van der Waals surface area (Å²) in [6.07, 6.45) is 2.03. The van der Waals surface area contributed by atoms with Crippen LogP contribution in [-0.2, 0) is 86.0 Å². The predicted octanol–water partition coefficient (Wildman–Crippen LogP) is 3.41. The second-order valence-corrected chi connectivity index (χ2v) is 20.7. The third-order valence-electron chi connectivity index (χ3n) is 15.3. The number of aryl methyl sites for hydroxylation is 1. The number of nitrogens with one attached hydrogen (secondary N) is 6. The SMILES string of the molecule is CC[C@@]1(O)C(=O)OCc2c1cc1n(c2=O)Cc2c-1nc1cc(F)c(C)c3c1c2[C@@H](NC(=O)OCc1ccc(NC(=O)CNC(=O)[C@H](Cc2ccccc2)NC(=O)CNC(=O)CNC(=O)CCCCCN2C(=O)CC(C)C2=O)cc1)CC3. The van der Waals surface area contributed by atoms with Gasteiger partial charge in [0.25, 0.3) is 5.56 Å². The molecule has 4 aliphatic rings. The van der Waals surface area contributed by atoms with Crippen LogP contribution in [0.25, 0.3) is 22.3 Å². The summed E-state index contributed by atoms with van der Waals surface area (Å²) in [5.74, 6) is -4.97. The zero-order chi connectivity index (χ0) is 57.7. The highest BCUT2D eigenvalue weighted by Gasteiger charge is 2.46. The van der Waals surface area contributed by atoms with Gasteiger partial charge in [-0.15, -0.1) is 0 Å². The van der Waals surface area contributed by atoms with Crippen molar-refractivity contribution in [1.82, 2.24) is 41.0 Å². The minimum atomic E-state index is -2.04. The number of aromatic nitrogens is 2. The Morgan fingerprint density at radius 3 is 2.32 bits per heavy atom. The lowest BCUT2D eigenvalue weighted by Gasteiger charge is -2.31. The summed E-state index contributed by atoms with van der Waals surface area (Å²) in [6.45, 7) is 3.55. The number of nitrogens with zero attached hydrogens (tertiary/aromatic N) is 3. The van der Waals surface area contributed by atoms with Crippen molar-refractivity contribution in [2.45, 2.75) is 116 Å². The molecule has 9 rings (SSSR count). The van der Waals surface area contributed by atoms with Gasteiger partial charge in [0.05, 0.1) is 54.7 Å². The summed E-state index contributed by atoms with van der Waals surface area (Å²) < 4.78 is 27.8. The number of benzene rings is 3. The molecule has 23 heteroatoms. The molecule has 1 unspecified atom stereocenters. The van der Waals surface area contributed by atoms with E-state index in [1.54, 1.807) is 81.4 Å². The van der Waals surface area contributed by atoms with Crippen LogP contribution in [0, 0.1) is 18.7 Å². The van der Waals surface area contributed by atoms with Gasteiger partial charge >= 0.3 is 12.1 Å². The smallest absolute Gasteiger partial charge is 0.407 e. The van der Waals surface area contributed by atoms with E-state index in [0.717, 1.165) is 5.56 Å². The number of hydrogen-bond acceptors (Lipinski definition) is 14. The summed E-state index contributed by atoms with van der Waals surface area (Å²) >= 11 is 0. The molecule has 4 atom stereocenters. The van der Waals surface area contributed by atoms with Crippen LogP contribution in [0.5, 0.6) is 0 Å².